The van der Waals surface area contributed by atoms with E-state index >= 15 is 0 Å². The van der Waals surface area contributed by atoms with Crippen molar-refractivity contribution >= 4 is 50.2 Å². The first-order valence-electron chi connectivity index (χ1n) is 7.54. The largest absolute Gasteiger partial charge is 0.497 e. The Balaban J connectivity index is 1.60. The molecule has 0 fully saturated rings. The van der Waals surface area contributed by atoms with Gasteiger partial charge in [0, 0.05) is 22.1 Å². The third-order valence-corrected chi connectivity index (χ3v) is 5.31. The molecular formula is C18H15BrN2O3S. The Morgan fingerprint density at radius 2 is 1.88 bits per heavy atom. The van der Waals surface area contributed by atoms with E-state index in [1.807, 2.05) is 36.4 Å². The van der Waals surface area contributed by atoms with Crippen LogP contribution >= 0.6 is 27.7 Å². The normalized spacial score (nSPS) is 16.5. The summed E-state index contributed by atoms with van der Waals surface area (Å²) in [6, 6.07) is 14.6. The molecule has 2 aromatic carbocycles. The molecule has 1 N–H and O–H groups in total. The van der Waals surface area contributed by atoms with Gasteiger partial charge in [-0.25, -0.2) is 4.99 Å². The number of methoxy groups -OCH3 is 1. The lowest BCUT2D eigenvalue weighted by molar-refractivity contribution is -0.121. The zero-order valence-electron chi connectivity index (χ0n) is 13.4. The van der Waals surface area contributed by atoms with Crippen molar-refractivity contribution in [3.8, 4) is 5.75 Å². The molecule has 1 aliphatic rings. The van der Waals surface area contributed by atoms with E-state index in [4.69, 9.17) is 4.74 Å². The summed E-state index contributed by atoms with van der Waals surface area (Å²) in [4.78, 5) is 28.3. The maximum Gasteiger partial charge on any atom is 0.260 e. The highest BCUT2D eigenvalue weighted by molar-refractivity contribution is 9.10. The molecule has 25 heavy (non-hydrogen) atoms. The van der Waals surface area contributed by atoms with Gasteiger partial charge in [0.25, 0.3) is 5.91 Å². The van der Waals surface area contributed by atoms with Crippen molar-refractivity contribution in [2.75, 3.05) is 12.4 Å². The molecule has 1 aliphatic heterocycles. The van der Waals surface area contributed by atoms with Crippen molar-refractivity contribution in [2.24, 2.45) is 4.99 Å². The van der Waals surface area contributed by atoms with Gasteiger partial charge >= 0.3 is 0 Å². The van der Waals surface area contributed by atoms with Crippen LogP contribution in [-0.4, -0.2) is 29.2 Å². The molecule has 1 heterocycles. The van der Waals surface area contributed by atoms with Crippen molar-refractivity contribution in [1.29, 1.82) is 0 Å². The van der Waals surface area contributed by atoms with E-state index in [1.165, 1.54) is 11.8 Å². The number of amides is 2. The number of hydrogen-bond acceptors (Lipinski definition) is 4. The minimum Gasteiger partial charge on any atom is -0.497 e. The Morgan fingerprint density at radius 1 is 1.20 bits per heavy atom. The summed E-state index contributed by atoms with van der Waals surface area (Å²) in [5, 5.41) is 2.93. The summed E-state index contributed by atoms with van der Waals surface area (Å²) < 4.78 is 6.06. The number of aliphatic imine (C=N–C) groups is 1. The lowest BCUT2D eigenvalue weighted by Crippen LogP contribution is -2.21. The number of carbonyl (C=O) groups excluding carboxylic acids is 2. The second-order valence-corrected chi connectivity index (χ2v) is 7.46. The van der Waals surface area contributed by atoms with E-state index in [9.17, 15) is 9.59 Å². The predicted molar refractivity (Wildman–Crippen MR) is 103 cm³/mol. The average Bonchev–Trinajstić information content (AvgIpc) is 2.97. The van der Waals surface area contributed by atoms with Crippen molar-refractivity contribution in [1.82, 2.24) is 0 Å². The predicted octanol–water partition coefficient (Wildman–Crippen LogP) is 3.88. The van der Waals surface area contributed by atoms with Gasteiger partial charge < -0.3 is 10.1 Å². The second-order valence-electron chi connectivity index (χ2n) is 5.35. The third kappa shape index (κ3) is 4.49. The number of nitrogens with one attached hydrogen (secondary N) is 1. The van der Waals surface area contributed by atoms with Crippen LogP contribution in [-0.2, 0) is 9.59 Å². The first kappa shape index (κ1) is 17.7. The Morgan fingerprint density at radius 3 is 2.52 bits per heavy atom. The summed E-state index contributed by atoms with van der Waals surface area (Å²) >= 11 is 4.66. The van der Waals surface area contributed by atoms with Crippen LogP contribution in [0.25, 0.3) is 0 Å². The van der Waals surface area contributed by atoms with Crippen LogP contribution in [0.3, 0.4) is 0 Å². The molecule has 0 bridgehead atoms. The van der Waals surface area contributed by atoms with E-state index in [0.29, 0.717) is 10.7 Å². The molecule has 0 saturated carbocycles. The Hall–Kier alpha value is -2.12. The minimum absolute atomic E-state index is 0.0860. The van der Waals surface area contributed by atoms with Crippen LogP contribution in [0.4, 0.5) is 5.69 Å². The summed E-state index contributed by atoms with van der Waals surface area (Å²) in [6.07, 6.45) is 0.0860. The molecular weight excluding hydrogens is 404 g/mol. The molecule has 0 radical (unpaired) electrons. The zero-order chi connectivity index (χ0) is 17.8. The van der Waals surface area contributed by atoms with Crippen molar-refractivity contribution in [3.05, 3.63) is 58.6 Å². The number of rotatable bonds is 5. The quantitative estimate of drug-likeness (QED) is 0.799. The summed E-state index contributed by atoms with van der Waals surface area (Å²) in [5.41, 5.74) is 1.54. The maximum absolute atomic E-state index is 12.2. The van der Waals surface area contributed by atoms with Gasteiger partial charge in [-0.05, 0) is 48.5 Å². The minimum atomic E-state index is -0.493. The molecule has 5 nitrogen and oxygen atoms in total. The molecule has 1 atom stereocenters. The number of thioether (sulfide) groups is 1. The van der Waals surface area contributed by atoms with E-state index in [2.05, 4.69) is 26.2 Å². The Labute approximate surface area is 158 Å². The van der Waals surface area contributed by atoms with Gasteiger partial charge in [0.1, 0.15) is 16.0 Å². The van der Waals surface area contributed by atoms with Gasteiger partial charge in [0.2, 0.25) is 5.91 Å². The molecule has 7 heteroatoms. The molecule has 2 amide bonds. The van der Waals surface area contributed by atoms with Crippen LogP contribution in [0.1, 0.15) is 12.0 Å². The summed E-state index contributed by atoms with van der Waals surface area (Å²) in [5.74, 6) is 0.255. The number of ether oxygens (including phenoxy) is 1. The summed E-state index contributed by atoms with van der Waals surface area (Å²) in [7, 11) is 1.60. The fraction of sp³-hybridized carbons (Fsp3) is 0.167. The van der Waals surface area contributed by atoms with Gasteiger partial charge in [0.15, 0.2) is 0 Å². The highest BCUT2D eigenvalue weighted by Crippen LogP contribution is 2.30. The molecule has 0 spiro atoms. The first-order chi connectivity index (χ1) is 12.0. The fourth-order valence-electron chi connectivity index (χ4n) is 2.29. The smallest absolute Gasteiger partial charge is 0.260 e. The number of hydrogen-bond donors (Lipinski definition) is 1. The van der Waals surface area contributed by atoms with Crippen LogP contribution in [0.15, 0.2) is 58.0 Å². The Bertz CT molecular complexity index is 819. The van der Waals surface area contributed by atoms with E-state index < -0.39 is 5.25 Å². The van der Waals surface area contributed by atoms with Crippen molar-refractivity contribution in [3.63, 3.8) is 0 Å². The number of halogens is 1. The van der Waals surface area contributed by atoms with E-state index in [-0.39, 0.29) is 18.2 Å². The number of carbonyl (C=O) groups is 2. The van der Waals surface area contributed by atoms with Crippen LogP contribution < -0.4 is 10.1 Å². The highest BCUT2D eigenvalue weighted by atomic mass is 79.9. The van der Waals surface area contributed by atoms with Gasteiger partial charge in [0.05, 0.1) is 7.11 Å². The molecule has 0 aromatic heterocycles. The lowest BCUT2D eigenvalue weighted by Gasteiger charge is -2.08. The van der Waals surface area contributed by atoms with Crippen LogP contribution in [0.5, 0.6) is 5.75 Å². The van der Waals surface area contributed by atoms with Crippen molar-refractivity contribution in [2.45, 2.75) is 11.7 Å². The van der Waals surface area contributed by atoms with Gasteiger partial charge in [-0.15, -0.1) is 0 Å². The molecule has 2 aromatic rings. The van der Waals surface area contributed by atoms with Gasteiger partial charge in [-0.2, -0.15) is 0 Å². The molecule has 1 unspecified atom stereocenters. The molecule has 3 rings (SSSR count). The fourth-order valence-corrected chi connectivity index (χ4v) is 3.63. The average molecular weight is 419 g/mol. The summed E-state index contributed by atoms with van der Waals surface area (Å²) in [6.45, 7) is 0. The second kappa shape index (κ2) is 7.84. The van der Waals surface area contributed by atoms with Crippen LogP contribution in [0, 0.1) is 0 Å². The third-order valence-electron chi connectivity index (χ3n) is 3.58. The van der Waals surface area contributed by atoms with Gasteiger partial charge in [-0.1, -0.05) is 27.7 Å². The number of anilines is 1. The first-order valence-corrected chi connectivity index (χ1v) is 9.21. The van der Waals surface area contributed by atoms with Gasteiger partial charge in [-0.3, -0.25) is 9.59 Å². The van der Waals surface area contributed by atoms with Crippen LogP contribution in [0.2, 0.25) is 0 Å². The number of benzene rings is 2. The lowest BCUT2D eigenvalue weighted by atomic mass is 10.2. The zero-order valence-corrected chi connectivity index (χ0v) is 15.8. The molecule has 0 saturated heterocycles. The standard InChI is InChI=1S/C18H15BrN2O3S/c1-24-14-8-2-11(3-9-14)18-21-17(23)15(25-18)10-16(22)20-13-6-4-12(19)5-7-13/h2-9,15H,10H2,1H3,(H,20,22). The monoisotopic (exact) mass is 418 g/mol. The Kier molecular flexibility index (Phi) is 5.55. The van der Waals surface area contributed by atoms with Crippen molar-refractivity contribution < 1.29 is 14.3 Å². The molecule has 0 aliphatic carbocycles. The van der Waals surface area contributed by atoms with E-state index in [0.717, 1.165) is 15.8 Å². The number of nitrogens with zero attached hydrogens (tertiary/aromatic N) is 1. The highest BCUT2D eigenvalue weighted by Gasteiger charge is 2.31. The topological polar surface area (TPSA) is 67.8 Å². The SMILES string of the molecule is COc1ccc(C2=NC(=O)C(CC(=O)Nc3ccc(Br)cc3)S2)cc1. The molecule has 128 valence electrons. The van der Waals surface area contributed by atoms with E-state index in [1.54, 1.807) is 19.2 Å². The maximum atomic E-state index is 12.2.